The summed E-state index contributed by atoms with van der Waals surface area (Å²) in [5, 5.41) is 0. The SMILES string of the molecule is CC(C(=O)N(C)CC(=O)N(C)C)C(N)c1ccccc1. The number of carbonyl (C=O) groups excluding carboxylic acids is 2. The zero-order valence-corrected chi connectivity index (χ0v) is 12.5. The maximum atomic E-state index is 12.3. The van der Waals surface area contributed by atoms with Gasteiger partial charge in [-0.3, -0.25) is 9.59 Å². The van der Waals surface area contributed by atoms with Gasteiger partial charge >= 0.3 is 0 Å². The Bertz CT molecular complexity index is 459. The van der Waals surface area contributed by atoms with Crippen molar-refractivity contribution in [1.82, 2.24) is 9.80 Å². The summed E-state index contributed by atoms with van der Waals surface area (Å²) in [6.07, 6.45) is 0. The monoisotopic (exact) mass is 277 g/mol. The Morgan fingerprint density at radius 3 is 2.20 bits per heavy atom. The number of carbonyl (C=O) groups is 2. The van der Waals surface area contributed by atoms with Crippen molar-refractivity contribution >= 4 is 11.8 Å². The fourth-order valence-electron chi connectivity index (χ4n) is 1.89. The van der Waals surface area contributed by atoms with Crippen LogP contribution in [-0.4, -0.2) is 49.3 Å². The Morgan fingerprint density at radius 1 is 1.15 bits per heavy atom. The fraction of sp³-hybridized carbons (Fsp3) is 0.467. The van der Waals surface area contributed by atoms with Gasteiger partial charge in [0.15, 0.2) is 0 Å². The van der Waals surface area contributed by atoms with Crippen molar-refractivity contribution < 1.29 is 9.59 Å². The second-order valence-corrected chi connectivity index (χ2v) is 5.21. The van der Waals surface area contributed by atoms with Crippen LogP contribution in [0.3, 0.4) is 0 Å². The van der Waals surface area contributed by atoms with Gasteiger partial charge in [-0.1, -0.05) is 37.3 Å². The van der Waals surface area contributed by atoms with Crippen molar-refractivity contribution in [2.75, 3.05) is 27.7 Å². The van der Waals surface area contributed by atoms with Crippen LogP contribution in [0.25, 0.3) is 0 Å². The molecule has 2 atom stereocenters. The van der Waals surface area contributed by atoms with E-state index in [1.54, 1.807) is 28.1 Å². The average molecular weight is 277 g/mol. The Morgan fingerprint density at radius 2 is 1.70 bits per heavy atom. The number of nitrogens with two attached hydrogens (primary N) is 1. The van der Waals surface area contributed by atoms with Crippen molar-refractivity contribution in [3.8, 4) is 0 Å². The molecule has 5 heteroatoms. The van der Waals surface area contributed by atoms with Crippen LogP contribution in [0.4, 0.5) is 0 Å². The Labute approximate surface area is 120 Å². The van der Waals surface area contributed by atoms with E-state index in [0.717, 1.165) is 5.56 Å². The van der Waals surface area contributed by atoms with Crippen molar-refractivity contribution in [2.24, 2.45) is 11.7 Å². The molecule has 110 valence electrons. The van der Waals surface area contributed by atoms with E-state index in [9.17, 15) is 9.59 Å². The lowest BCUT2D eigenvalue weighted by molar-refractivity contribution is -0.140. The summed E-state index contributed by atoms with van der Waals surface area (Å²) < 4.78 is 0. The molecule has 0 saturated heterocycles. The van der Waals surface area contributed by atoms with Gasteiger partial charge in [-0.2, -0.15) is 0 Å². The van der Waals surface area contributed by atoms with Gasteiger partial charge in [0.1, 0.15) is 0 Å². The quantitative estimate of drug-likeness (QED) is 0.868. The molecule has 2 amide bonds. The number of likely N-dealkylation sites (N-methyl/N-ethyl adjacent to an activating group) is 2. The minimum atomic E-state index is -0.377. The number of nitrogens with zero attached hydrogens (tertiary/aromatic N) is 2. The molecule has 20 heavy (non-hydrogen) atoms. The van der Waals surface area contributed by atoms with Crippen LogP contribution >= 0.6 is 0 Å². The highest BCUT2D eigenvalue weighted by atomic mass is 16.2. The van der Waals surface area contributed by atoms with Crippen molar-refractivity contribution in [1.29, 1.82) is 0 Å². The van der Waals surface area contributed by atoms with Gasteiger partial charge in [0.2, 0.25) is 11.8 Å². The minimum absolute atomic E-state index is 0.0671. The second-order valence-electron chi connectivity index (χ2n) is 5.21. The zero-order chi connectivity index (χ0) is 15.3. The summed E-state index contributed by atoms with van der Waals surface area (Å²) in [5.41, 5.74) is 7.04. The molecule has 0 heterocycles. The Hall–Kier alpha value is -1.88. The number of hydrogen-bond donors (Lipinski definition) is 1. The van der Waals surface area contributed by atoms with Crippen LogP contribution in [0, 0.1) is 5.92 Å². The van der Waals surface area contributed by atoms with E-state index in [4.69, 9.17) is 5.73 Å². The highest BCUT2D eigenvalue weighted by Crippen LogP contribution is 2.20. The van der Waals surface area contributed by atoms with E-state index in [1.807, 2.05) is 30.3 Å². The topological polar surface area (TPSA) is 66.6 Å². The predicted molar refractivity (Wildman–Crippen MR) is 78.9 cm³/mol. The van der Waals surface area contributed by atoms with Gasteiger partial charge in [0.25, 0.3) is 0 Å². The standard InChI is InChI=1S/C15H23N3O2/c1-11(14(16)12-8-6-5-7-9-12)15(20)18(4)10-13(19)17(2)3/h5-9,11,14H,10,16H2,1-4H3. The van der Waals surface area contributed by atoms with Crippen molar-refractivity contribution in [3.05, 3.63) is 35.9 Å². The molecule has 2 unspecified atom stereocenters. The van der Waals surface area contributed by atoms with Gasteiger partial charge in [0.05, 0.1) is 12.5 Å². The van der Waals surface area contributed by atoms with Crippen molar-refractivity contribution in [3.63, 3.8) is 0 Å². The first-order valence-corrected chi connectivity index (χ1v) is 6.60. The largest absolute Gasteiger partial charge is 0.347 e. The summed E-state index contributed by atoms with van der Waals surface area (Å²) >= 11 is 0. The lowest BCUT2D eigenvalue weighted by atomic mass is 9.94. The zero-order valence-electron chi connectivity index (χ0n) is 12.5. The van der Waals surface area contributed by atoms with E-state index in [0.29, 0.717) is 0 Å². The number of amides is 2. The van der Waals surface area contributed by atoms with Crippen LogP contribution in [0.15, 0.2) is 30.3 Å². The molecule has 0 aromatic heterocycles. The molecule has 0 bridgehead atoms. The van der Waals surface area contributed by atoms with E-state index < -0.39 is 0 Å². The number of benzene rings is 1. The predicted octanol–water partition coefficient (Wildman–Crippen LogP) is 0.869. The summed E-state index contributed by atoms with van der Waals surface area (Å²) in [7, 11) is 4.96. The number of hydrogen-bond acceptors (Lipinski definition) is 3. The molecule has 1 rings (SSSR count). The third-order valence-corrected chi connectivity index (χ3v) is 3.36. The van der Waals surface area contributed by atoms with Crippen LogP contribution in [0.1, 0.15) is 18.5 Å². The molecular weight excluding hydrogens is 254 g/mol. The highest BCUT2D eigenvalue weighted by molar-refractivity contribution is 5.85. The maximum Gasteiger partial charge on any atom is 0.241 e. The van der Waals surface area contributed by atoms with Crippen molar-refractivity contribution in [2.45, 2.75) is 13.0 Å². The van der Waals surface area contributed by atoms with Gasteiger partial charge in [-0.15, -0.1) is 0 Å². The number of rotatable bonds is 5. The first-order chi connectivity index (χ1) is 9.34. The maximum absolute atomic E-state index is 12.3. The van der Waals surface area contributed by atoms with E-state index in [-0.39, 0.29) is 30.3 Å². The third kappa shape index (κ3) is 4.06. The molecule has 5 nitrogen and oxygen atoms in total. The first kappa shape index (κ1) is 16.2. The molecule has 1 aromatic carbocycles. The van der Waals surface area contributed by atoms with Gasteiger partial charge in [-0.25, -0.2) is 0 Å². The van der Waals surface area contributed by atoms with Gasteiger partial charge in [0, 0.05) is 27.2 Å². The second kappa shape index (κ2) is 7.05. The van der Waals surface area contributed by atoms with E-state index in [2.05, 4.69) is 0 Å². The molecule has 0 saturated carbocycles. The normalized spacial score (nSPS) is 13.4. The highest BCUT2D eigenvalue weighted by Gasteiger charge is 2.26. The lowest BCUT2D eigenvalue weighted by Gasteiger charge is -2.26. The summed E-state index contributed by atoms with van der Waals surface area (Å²) in [6, 6.07) is 9.13. The first-order valence-electron chi connectivity index (χ1n) is 6.60. The molecule has 0 radical (unpaired) electrons. The molecule has 0 aliphatic carbocycles. The minimum Gasteiger partial charge on any atom is -0.347 e. The average Bonchev–Trinajstić information content (AvgIpc) is 2.45. The smallest absolute Gasteiger partial charge is 0.241 e. The van der Waals surface area contributed by atoms with Crippen LogP contribution in [0.2, 0.25) is 0 Å². The molecule has 2 N–H and O–H groups in total. The van der Waals surface area contributed by atoms with Gasteiger partial charge in [-0.05, 0) is 5.56 Å². The van der Waals surface area contributed by atoms with Crippen LogP contribution < -0.4 is 5.73 Å². The third-order valence-electron chi connectivity index (χ3n) is 3.36. The Balaban J connectivity index is 2.69. The molecule has 0 fully saturated rings. The molecule has 1 aromatic rings. The van der Waals surface area contributed by atoms with Crippen LogP contribution in [0.5, 0.6) is 0 Å². The molecule has 0 spiro atoms. The van der Waals surface area contributed by atoms with Gasteiger partial charge < -0.3 is 15.5 Å². The van der Waals surface area contributed by atoms with E-state index in [1.165, 1.54) is 9.80 Å². The van der Waals surface area contributed by atoms with E-state index >= 15 is 0 Å². The summed E-state index contributed by atoms with van der Waals surface area (Å²) in [6.45, 7) is 1.86. The van der Waals surface area contributed by atoms with Crippen LogP contribution in [-0.2, 0) is 9.59 Å². The fourth-order valence-corrected chi connectivity index (χ4v) is 1.89. The molecule has 0 aliphatic heterocycles. The molecular formula is C15H23N3O2. The summed E-state index contributed by atoms with van der Waals surface area (Å²) in [5.74, 6) is -0.616. The lowest BCUT2D eigenvalue weighted by Crippen LogP contribution is -2.42. The molecule has 0 aliphatic rings. The Kier molecular flexibility index (Phi) is 5.70. The summed E-state index contributed by atoms with van der Waals surface area (Å²) in [4.78, 5) is 26.8.